The summed E-state index contributed by atoms with van der Waals surface area (Å²) in [6.07, 6.45) is 1.76. The summed E-state index contributed by atoms with van der Waals surface area (Å²) in [5.74, 6) is 5.57. The van der Waals surface area contributed by atoms with Crippen LogP contribution >= 0.6 is 11.3 Å². The molecule has 0 spiro atoms. The Morgan fingerprint density at radius 3 is 2.73 bits per heavy atom. The van der Waals surface area contributed by atoms with E-state index in [0.29, 0.717) is 10.7 Å². The van der Waals surface area contributed by atoms with Gasteiger partial charge in [-0.25, -0.2) is 0 Å². The van der Waals surface area contributed by atoms with E-state index in [0.717, 1.165) is 10.2 Å². The van der Waals surface area contributed by atoms with Crippen LogP contribution in [0.5, 0.6) is 0 Å². The monoisotopic (exact) mass is 168 g/mol. The van der Waals surface area contributed by atoms with Crippen LogP contribution in [0.1, 0.15) is 0 Å². The van der Waals surface area contributed by atoms with Crippen molar-refractivity contribution in [3.05, 3.63) is 12.3 Å². The van der Waals surface area contributed by atoms with Crippen molar-refractivity contribution in [3.8, 4) is 0 Å². The van der Waals surface area contributed by atoms with Gasteiger partial charge in [-0.05, 0) is 6.07 Å². The second-order valence-electron chi connectivity index (χ2n) is 2.32. The maximum absolute atomic E-state index is 5.67. The summed E-state index contributed by atoms with van der Waals surface area (Å²) in [7, 11) is 0. The molecule has 58 valence electrons. The SMILES string of the molecule is Nc1sc2c(ccn2N)c1N. The average Bonchev–Trinajstić information content (AvgIpc) is 2.43. The van der Waals surface area contributed by atoms with Gasteiger partial charge in [-0.15, -0.1) is 0 Å². The van der Waals surface area contributed by atoms with Crippen molar-refractivity contribution in [1.29, 1.82) is 0 Å². The summed E-state index contributed by atoms with van der Waals surface area (Å²) >= 11 is 1.40. The van der Waals surface area contributed by atoms with Crippen molar-refractivity contribution in [2.75, 3.05) is 17.3 Å². The molecule has 0 aliphatic heterocycles. The fourth-order valence-electron chi connectivity index (χ4n) is 1.04. The summed E-state index contributed by atoms with van der Waals surface area (Å²) in [5.41, 5.74) is 11.9. The smallest absolute Gasteiger partial charge is 0.126 e. The topological polar surface area (TPSA) is 83.0 Å². The number of nitrogens with two attached hydrogens (primary N) is 3. The number of thiophene rings is 1. The number of hydrogen-bond acceptors (Lipinski definition) is 4. The highest BCUT2D eigenvalue weighted by molar-refractivity contribution is 7.23. The Morgan fingerprint density at radius 1 is 1.36 bits per heavy atom. The average molecular weight is 168 g/mol. The third-order valence-electron chi connectivity index (χ3n) is 1.63. The number of hydrogen-bond donors (Lipinski definition) is 3. The molecule has 4 nitrogen and oxygen atoms in total. The molecule has 0 fully saturated rings. The van der Waals surface area contributed by atoms with Gasteiger partial charge >= 0.3 is 0 Å². The fourth-order valence-corrected chi connectivity index (χ4v) is 1.92. The minimum atomic E-state index is 0.634. The lowest BCUT2D eigenvalue weighted by molar-refractivity contribution is 1.08. The van der Waals surface area contributed by atoms with E-state index in [4.69, 9.17) is 17.3 Å². The van der Waals surface area contributed by atoms with Crippen LogP contribution in [-0.4, -0.2) is 4.68 Å². The molecule has 0 aliphatic carbocycles. The molecule has 0 saturated carbocycles. The maximum atomic E-state index is 5.67. The molecule has 0 amide bonds. The van der Waals surface area contributed by atoms with E-state index in [9.17, 15) is 0 Å². The van der Waals surface area contributed by atoms with Gasteiger partial charge in [0.25, 0.3) is 0 Å². The standard InChI is InChI=1S/C6H8N4S/c7-4-3-1-2-10(9)6(3)11-5(4)8/h1-2H,7-9H2. The van der Waals surface area contributed by atoms with Gasteiger partial charge in [-0.1, -0.05) is 11.3 Å². The lowest BCUT2D eigenvalue weighted by Gasteiger charge is -1.87. The first-order valence-corrected chi connectivity index (χ1v) is 3.91. The van der Waals surface area contributed by atoms with E-state index < -0.39 is 0 Å². The molecule has 6 N–H and O–H groups in total. The Labute approximate surface area is 67.2 Å². The zero-order chi connectivity index (χ0) is 8.01. The molecular formula is C6H8N4S. The highest BCUT2D eigenvalue weighted by Crippen LogP contribution is 2.35. The minimum Gasteiger partial charge on any atom is -0.396 e. The van der Waals surface area contributed by atoms with Gasteiger partial charge in [-0.2, -0.15) is 0 Å². The van der Waals surface area contributed by atoms with Gasteiger partial charge in [0.2, 0.25) is 0 Å². The highest BCUT2D eigenvalue weighted by Gasteiger charge is 2.08. The first kappa shape index (κ1) is 6.36. The minimum absolute atomic E-state index is 0.634. The molecule has 2 heterocycles. The molecule has 0 radical (unpaired) electrons. The van der Waals surface area contributed by atoms with Crippen LogP contribution in [0.25, 0.3) is 10.2 Å². The predicted molar refractivity (Wildman–Crippen MR) is 48.8 cm³/mol. The van der Waals surface area contributed by atoms with E-state index in [-0.39, 0.29) is 0 Å². The van der Waals surface area contributed by atoms with E-state index in [1.165, 1.54) is 16.0 Å². The molecule has 5 heteroatoms. The van der Waals surface area contributed by atoms with Gasteiger partial charge in [0.05, 0.1) is 5.69 Å². The summed E-state index contributed by atoms with van der Waals surface area (Å²) in [6, 6.07) is 1.86. The van der Waals surface area contributed by atoms with Crippen molar-refractivity contribution >= 4 is 32.2 Å². The summed E-state index contributed by atoms with van der Waals surface area (Å²) in [4.78, 5) is 0.917. The van der Waals surface area contributed by atoms with Crippen LogP contribution in [-0.2, 0) is 0 Å². The Bertz CT molecular complexity index is 400. The van der Waals surface area contributed by atoms with Crippen molar-refractivity contribution < 1.29 is 0 Å². The Morgan fingerprint density at radius 2 is 2.09 bits per heavy atom. The molecule has 0 aromatic carbocycles. The highest BCUT2D eigenvalue weighted by atomic mass is 32.1. The molecule has 11 heavy (non-hydrogen) atoms. The normalized spacial score (nSPS) is 10.9. The van der Waals surface area contributed by atoms with Crippen LogP contribution in [0.4, 0.5) is 10.7 Å². The lowest BCUT2D eigenvalue weighted by atomic mass is 10.3. The molecule has 0 saturated heterocycles. The molecule has 2 aromatic heterocycles. The van der Waals surface area contributed by atoms with Gasteiger partial charge in [0.15, 0.2) is 0 Å². The second-order valence-corrected chi connectivity index (χ2v) is 3.35. The van der Waals surface area contributed by atoms with Gasteiger partial charge in [0.1, 0.15) is 9.83 Å². The number of anilines is 2. The van der Waals surface area contributed by atoms with Crippen LogP contribution in [0.2, 0.25) is 0 Å². The number of nitrogens with zero attached hydrogens (tertiary/aromatic N) is 1. The molecule has 2 rings (SSSR count). The Hall–Kier alpha value is -1.36. The van der Waals surface area contributed by atoms with E-state index in [1.807, 2.05) is 6.07 Å². The third kappa shape index (κ3) is 0.682. The van der Waals surface area contributed by atoms with Crippen LogP contribution < -0.4 is 17.3 Å². The molecule has 0 bridgehead atoms. The van der Waals surface area contributed by atoms with Gasteiger partial charge in [0, 0.05) is 11.6 Å². The van der Waals surface area contributed by atoms with Crippen molar-refractivity contribution in [2.24, 2.45) is 0 Å². The first-order chi connectivity index (χ1) is 5.20. The van der Waals surface area contributed by atoms with Crippen LogP contribution in [0.15, 0.2) is 12.3 Å². The lowest BCUT2D eigenvalue weighted by Crippen LogP contribution is -2.03. The zero-order valence-electron chi connectivity index (χ0n) is 5.74. The molecular weight excluding hydrogens is 160 g/mol. The maximum Gasteiger partial charge on any atom is 0.126 e. The largest absolute Gasteiger partial charge is 0.396 e. The Kier molecular flexibility index (Phi) is 1.05. The van der Waals surface area contributed by atoms with E-state index in [1.54, 1.807) is 6.20 Å². The first-order valence-electron chi connectivity index (χ1n) is 3.10. The summed E-state index contributed by atoms with van der Waals surface area (Å²) in [6.45, 7) is 0. The quantitative estimate of drug-likeness (QED) is 0.503. The van der Waals surface area contributed by atoms with Crippen molar-refractivity contribution in [1.82, 2.24) is 4.68 Å². The number of fused-ring (bicyclic) bond motifs is 1. The zero-order valence-corrected chi connectivity index (χ0v) is 6.56. The second kappa shape index (κ2) is 1.82. The van der Waals surface area contributed by atoms with E-state index >= 15 is 0 Å². The molecule has 2 aromatic rings. The van der Waals surface area contributed by atoms with Crippen LogP contribution in [0, 0.1) is 0 Å². The number of nitrogen functional groups attached to an aromatic ring is 3. The van der Waals surface area contributed by atoms with Crippen molar-refractivity contribution in [2.45, 2.75) is 0 Å². The van der Waals surface area contributed by atoms with Gasteiger partial charge in [-0.3, -0.25) is 4.68 Å². The van der Waals surface area contributed by atoms with E-state index in [2.05, 4.69) is 0 Å². The molecule has 0 atom stereocenters. The van der Waals surface area contributed by atoms with Crippen molar-refractivity contribution in [3.63, 3.8) is 0 Å². The van der Waals surface area contributed by atoms with Crippen LogP contribution in [0.3, 0.4) is 0 Å². The summed E-state index contributed by atoms with van der Waals surface area (Å²) < 4.78 is 1.52. The number of rotatable bonds is 0. The number of aromatic nitrogens is 1. The molecule has 0 unspecified atom stereocenters. The fraction of sp³-hybridized carbons (Fsp3) is 0. The molecule has 0 aliphatic rings. The summed E-state index contributed by atoms with van der Waals surface area (Å²) in [5, 5.41) is 1.57. The predicted octanol–water partition coefficient (Wildman–Crippen LogP) is 0.581. The van der Waals surface area contributed by atoms with Gasteiger partial charge < -0.3 is 17.3 Å². The Balaban J connectivity index is 2.93. The third-order valence-corrected chi connectivity index (χ3v) is 2.69.